The van der Waals surface area contributed by atoms with Gasteiger partial charge in [0.15, 0.2) is 5.82 Å². The van der Waals surface area contributed by atoms with Crippen molar-refractivity contribution in [1.29, 1.82) is 0 Å². The molecule has 2 aromatic carbocycles. The second-order valence-corrected chi connectivity index (χ2v) is 5.97. The molecule has 1 heterocycles. The summed E-state index contributed by atoms with van der Waals surface area (Å²) >= 11 is 0. The van der Waals surface area contributed by atoms with Gasteiger partial charge in [-0.3, -0.25) is 10.1 Å². The highest BCUT2D eigenvalue weighted by Gasteiger charge is 2.37. The molecule has 150 valence electrons. The fourth-order valence-electron chi connectivity index (χ4n) is 2.62. The van der Waals surface area contributed by atoms with E-state index >= 15 is 0 Å². The summed E-state index contributed by atoms with van der Waals surface area (Å²) in [6.07, 6.45) is -4.15. The summed E-state index contributed by atoms with van der Waals surface area (Å²) in [5.41, 5.74) is -0.751. The number of ether oxygens (including phenoxy) is 1. The summed E-state index contributed by atoms with van der Waals surface area (Å²) in [4.78, 5) is 19.1. The first-order valence-corrected chi connectivity index (χ1v) is 8.35. The molecule has 0 aliphatic carbocycles. The topological polar surface area (TPSA) is 81.4 Å². The van der Waals surface area contributed by atoms with Gasteiger partial charge >= 0.3 is 12.2 Å². The van der Waals surface area contributed by atoms with Gasteiger partial charge in [0.25, 0.3) is 5.69 Å². The molecule has 0 radical (unpaired) electrons. The number of nitrogens with zero attached hydrogens (tertiary/aromatic N) is 4. The van der Waals surface area contributed by atoms with E-state index in [9.17, 15) is 23.3 Å². The Bertz CT molecular complexity index is 1010. The third-order valence-electron chi connectivity index (χ3n) is 4.02. The highest BCUT2D eigenvalue weighted by Crippen LogP contribution is 2.39. The first kappa shape index (κ1) is 20.1. The number of halogens is 3. The van der Waals surface area contributed by atoms with Gasteiger partial charge in [0, 0.05) is 19.3 Å². The summed E-state index contributed by atoms with van der Waals surface area (Å²) in [5.74, 6) is -0.551. The minimum Gasteiger partial charge on any atom is -0.459 e. The zero-order valence-electron chi connectivity index (χ0n) is 15.1. The first-order valence-electron chi connectivity index (χ1n) is 8.35. The maximum atomic E-state index is 13.5. The summed E-state index contributed by atoms with van der Waals surface area (Å²) in [6, 6.07) is 14.1. The Labute approximate surface area is 163 Å². The normalized spacial score (nSPS) is 11.2. The monoisotopic (exact) mass is 404 g/mol. The Morgan fingerprint density at radius 3 is 2.41 bits per heavy atom. The molecule has 10 heteroatoms. The van der Waals surface area contributed by atoms with Gasteiger partial charge < -0.3 is 9.64 Å². The van der Waals surface area contributed by atoms with Gasteiger partial charge in [-0.05, 0) is 11.6 Å². The molecule has 0 saturated heterocycles. The average molecular weight is 404 g/mol. The van der Waals surface area contributed by atoms with Crippen LogP contribution in [0.5, 0.6) is 6.01 Å². The average Bonchev–Trinajstić information content (AvgIpc) is 2.71. The number of hydrogen-bond donors (Lipinski definition) is 0. The smallest absolute Gasteiger partial charge is 0.421 e. The van der Waals surface area contributed by atoms with Crippen molar-refractivity contribution in [3.8, 4) is 6.01 Å². The van der Waals surface area contributed by atoms with E-state index < -0.39 is 22.5 Å². The fraction of sp³-hybridized carbons (Fsp3) is 0.158. The molecule has 3 aromatic rings. The van der Waals surface area contributed by atoms with Crippen LogP contribution >= 0.6 is 0 Å². The highest BCUT2D eigenvalue weighted by molar-refractivity contribution is 5.71. The molecule has 0 fully saturated rings. The van der Waals surface area contributed by atoms with Crippen LogP contribution in [0.3, 0.4) is 0 Å². The number of alkyl halides is 3. The van der Waals surface area contributed by atoms with Crippen molar-refractivity contribution >= 4 is 17.2 Å². The third-order valence-corrected chi connectivity index (χ3v) is 4.02. The van der Waals surface area contributed by atoms with Crippen LogP contribution in [0.15, 0.2) is 60.8 Å². The highest BCUT2D eigenvalue weighted by atomic mass is 19.4. The molecule has 0 spiro atoms. The van der Waals surface area contributed by atoms with Crippen molar-refractivity contribution in [2.75, 3.05) is 11.9 Å². The lowest BCUT2D eigenvalue weighted by molar-refractivity contribution is -0.384. The third kappa shape index (κ3) is 4.60. The molecule has 0 unspecified atom stereocenters. The van der Waals surface area contributed by atoms with E-state index in [0.717, 1.165) is 10.5 Å². The number of nitro groups is 1. The number of benzene rings is 2. The molecule has 0 aliphatic rings. The van der Waals surface area contributed by atoms with Crippen LogP contribution < -0.4 is 9.64 Å². The lowest BCUT2D eigenvalue weighted by Gasteiger charge is -2.22. The van der Waals surface area contributed by atoms with Crippen molar-refractivity contribution < 1.29 is 22.8 Å². The Kier molecular flexibility index (Phi) is 5.62. The van der Waals surface area contributed by atoms with Crippen molar-refractivity contribution in [3.05, 3.63) is 82.0 Å². The van der Waals surface area contributed by atoms with E-state index in [1.165, 1.54) is 31.3 Å². The number of para-hydroxylation sites is 2. The second-order valence-electron chi connectivity index (χ2n) is 5.97. The van der Waals surface area contributed by atoms with Crippen molar-refractivity contribution in [2.24, 2.45) is 0 Å². The summed E-state index contributed by atoms with van der Waals surface area (Å²) in [7, 11) is 1.26. The molecule has 1 aromatic heterocycles. The van der Waals surface area contributed by atoms with E-state index in [1.54, 1.807) is 24.3 Å². The van der Waals surface area contributed by atoms with Crippen LogP contribution in [0.25, 0.3) is 0 Å². The van der Waals surface area contributed by atoms with Crippen molar-refractivity contribution in [1.82, 2.24) is 9.97 Å². The standard InChI is InChI=1S/C19H15F3N4O3/c1-25(15-9-5-6-10-16(15)26(27)28)17-14(19(20,21)22)11-23-18(24-17)29-12-13-7-3-2-4-8-13/h2-11H,12H2,1H3. The summed E-state index contributed by atoms with van der Waals surface area (Å²) in [6.45, 7) is 0.0564. The van der Waals surface area contributed by atoms with Gasteiger partial charge in [-0.2, -0.15) is 18.2 Å². The zero-order valence-corrected chi connectivity index (χ0v) is 15.1. The molecule has 3 rings (SSSR count). The zero-order chi connectivity index (χ0) is 21.0. The Morgan fingerprint density at radius 2 is 1.76 bits per heavy atom. The second kappa shape index (κ2) is 8.13. The first-order chi connectivity index (χ1) is 13.8. The van der Waals surface area contributed by atoms with Crippen LogP contribution in [-0.4, -0.2) is 21.9 Å². The molecule has 0 N–H and O–H groups in total. The molecule has 7 nitrogen and oxygen atoms in total. The van der Waals surface area contributed by atoms with Gasteiger partial charge in [-0.15, -0.1) is 0 Å². The lowest BCUT2D eigenvalue weighted by Crippen LogP contribution is -2.20. The summed E-state index contributed by atoms with van der Waals surface area (Å²) < 4.78 is 45.9. The predicted molar refractivity (Wildman–Crippen MR) is 99.0 cm³/mol. The Hall–Kier alpha value is -3.69. The Balaban J connectivity index is 2.00. The predicted octanol–water partition coefficient (Wildman–Crippen LogP) is 4.75. The molecule has 0 amide bonds. The Morgan fingerprint density at radius 1 is 1.10 bits per heavy atom. The van der Waals surface area contributed by atoms with Crippen LogP contribution in [0.4, 0.5) is 30.4 Å². The molecule has 0 atom stereocenters. The minimum atomic E-state index is -4.76. The molecule has 0 bridgehead atoms. The number of anilines is 2. The maximum absolute atomic E-state index is 13.5. The summed E-state index contributed by atoms with van der Waals surface area (Å²) in [5, 5.41) is 11.3. The number of aromatic nitrogens is 2. The maximum Gasteiger partial charge on any atom is 0.421 e. The van der Waals surface area contributed by atoms with Gasteiger partial charge in [0.2, 0.25) is 0 Å². The largest absolute Gasteiger partial charge is 0.459 e. The van der Waals surface area contributed by atoms with Gasteiger partial charge in [-0.25, -0.2) is 4.98 Å². The number of rotatable bonds is 6. The fourth-order valence-corrected chi connectivity index (χ4v) is 2.62. The van der Waals surface area contributed by atoms with Gasteiger partial charge in [0.1, 0.15) is 17.9 Å². The van der Waals surface area contributed by atoms with E-state index in [2.05, 4.69) is 9.97 Å². The van der Waals surface area contributed by atoms with E-state index in [4.69, 9.17) is 4.74 Å². The van der Waals surface area contributed by atoms with Gasteiger partial charge in [-0.1, -0.05) is 42.5 Å². The van der Waals surface area contributed by atoms with E-state index in [0.29, 0.717) is 6.20 Å². The quantitative estimate of drug-likeness (QED) is 0.436. The molecule has 0 saturated carbocycles. The van der Waals surface area contributed by atoms with Crippen LogP contribution in [0.1, 0.15) is 11.1 Å². The number of hydrogen-bond acceptors (Lipinski definition) is 6. The van der Waals surface area contributed by atoms with Crippen LogP contribution in [-0.2, 0) is 12.8 Å². The van der Waals surface area contributed by atoms with Crippen LogP contribution in [0, 0.1) is 10.1 Å². The van der Waals surface area contributed by atoms with Gasteiger partial charge in [0.05, 0.1) is 4.92 Å². The number of nitro benzene ring substituents is 1. The van der Waals surface area contributed by atoms with E-state index in [-0.39, 0.29) is 24.0 Å². The minimum absolute atomic E-state index is 0.0456. The molecular formula is C19H15F3N4O3. The van der Waals surface area contributed by atoms with Crippen molar-refractivity contribution in [2.45, 2.75) is 12.8 Å². The molecule has 29 heavy (non-hydrogen) atoms. The lowest BCUT2D eigenvalue weighted by atomic mass is 10.2. The SMILES string of the molecule is CN(c1ccccc1[N+](=O)[O-])c1nc(OCc2ccccc2)ncc1C(F)(F)F. The molecular weight excluding hydrogens is 389 g/mol. The van der Waals surface area contributed by atoms with E-state index in [1.807, 2.05) is 6.07 Å². The molecule has 0 aliphatic heterocycles. The van der Waals surface area contributed by atoms with Crippen molar-refractivity contribution in [3.63, 3.8) is 0 Å². The van der Waals surface area contributed by atoms with Crippen LogP contribution in [0.2, 0.25) is 0 Å².